The molecule has 276 valence electrons. The first-order valence-corrected chi connectivity index (χ1v) is 17.3. The fourth-order valence-corrected chi connectivity index (χ4v) is 5.59. The van der Waals surface area contributed by atoms with E-state index in [9.17, 15) is 9.90 Å². The maximum Gasteiger partial charge on any atom is 0.341 e. The molecule has 1 unspecified atom stereocenters. The predicted octanol–water partition coefficient (Wildman–Crippen LogP) is 5.73. The molecule has 0 amide bonds. The predicted molar refractivity (Wildman–Crippen MR) is 198 cm³/mol. The normalized spacial score (nSPS) is 11.8. The summed E-state index contributed by atoms with van der Waals surface area (Å²) >= 11 is 0. The standard InChI is InChI=1S/C39H48N6O7/c1-7-8-21-52-39-41-37(44(25-27-10-15-30(48-4)16-11-27)26-28-12-17-31(49-5)18-13-28)36-40-24-33(45(36)42-39)35(46)29-14-19-34(32(23-29)38(47)50-6)51-22-9-20-43(2)3/h10-19,23-24,35,46H,7-9,20-22,25-26H2,1-6H3. The van der Waals surface area contributed by atoms with Gasteiger partial charge in [0.1, 0.15) is 28.9 Å². The average Bonchev–Trinajstić information content (AvgIpc) is 3.60. The van der Waals surface area contributed by atoms with Crippen LogP contribution in [0.25, 0.3) is 5.65 Å². The lowest BCUT2D eigenvalue weighted by Crippen LogP contribution is -2.25. The second-order valence-corrected chi connectivity index (χ2v) is 12.5. The van der Waals surface area contributed by atoms with Crippen LogP contribution < -0.4 is 23.8 Å². The number of fused-ring (bicyclic) bond motifs is 1. The number of ether oxygens (including phenoxy) is 5. The van der Waals surface area contributed by atoms with Gasteiger partial charge in [-0.3, -0.25) is 0 Å². The molecule has 2 aromatic heterocycles. The number of imidazole rings is 1. The molecule has 5 rings (SSSR count). The molecule has 0 spiro atoms. The number of aliphatic hydroxyl groups excluding tert-OH is 1. The molecule has 0 aliphatic carbocycles. The number of aromatic nitrogens is 4. The molecule has 2 heterocycles. The van der Waals surface area contributed by atoms with E-state index in [1.165, 1.54) is 7.11 Å². The lowest BCUT2D eigenvalue weighted by molar-refractivity contribution is 0.0595. The SMILES string of the molecule is CCCCOc1nc(N(Cc2ccc(OC)cc2)Cc2ccc(OC)cc2)c2ncc(C(O)c3ccc(OCCCN(C)C)c(C(=O)OC)c3)n2n1. The molecular formula is C39H48N6O7. The van der Waals surface area contributed by atoms with E-state index in [-0.39, 0.29) is 11.6 Å². The summed E-state index contributed by atoms with van der Waals surface area (Å²) in [5.41, 5.74) is 3.47. The molecule has 0 radical (unpaired) electrons. The second-order valence-electron chi connectivity index (χ2n) is 12.5. The minimum Gasteiger partial charge on any atom is -0.497 e. The van der Waals surface area contributed by atoms with Gasteiger partial charge in [-0.2, -0.15) is 4.98 Å². The summed E-state index contributed by atoms with van der Waals surface area (Å²) in [5, 5.41) is 16.5. The third-order valence-electron chi connectivity index (χ3n) is 8.46. The number of benzene rings is 3. The summed E-state index contributed by atoms with van der Waals surface area (Å²) in [5.74, 6) is 1.84. The average molecular weight is 713 g/mol. The van der Waals surface area contributed by atoms with Crippen molar-refractivity contribution in [3.63, 3.8) is 0 Å². The molecule has 52 heavy (non-hydrogen) atoms. The number of aliphatic hydroxyl groups is 1. The Morgan fingerprint density at radius 1 is 0.865 bits per heavy atom. The first kappa shape index (κ1) is 37.8. The van der Waals surface area contributed by atoms with E-state index >= 15 is 0 Å². The van der Waals surface area contributed by atoms with Crippen LogP contribution in [0.2, 0.25) is 0 Å². The Morgan fingerprint density at radius 2 is 1.50 bits per heavy atom. The van der Waals surface area contributed by atoms with Crippen molar-refractivity contribution in [3.05, 3.63) is 101 Å². The zero-order valence-electron chi connectivity index (χ0n) is 30.7. The third-order valence-corrected chi connectivity index (χ3v) is 8.46. The van der Waals surface area contributed by atoms with E-state index in [2.05, 4.69) is 16.7 Å². The smallest absolute Gasteiger partial charge is 0.341 e. The van der Waals surface area contributed by atoms with Crippen LogP contribution in [0.5, 0.6) is 23.3 Å². The number of carbonyl (C=O) groups excluding carboxylic acids is 1. The summed E-state index contributed by atoms with van der Waals surface area (Å²) in [7, 11) is 8.57. The van der Waals surface area contributed by atoms with Gasteiger partial charge in [0.25, 0.3) is 0 Å². The van der Waals surface area contributed by atoms with Gasteiger partial charge in [0.2, 0.25) is 0 Å². The Labute approximate surface area is 304 Å². The van der Waals surface area contributed by atoms with Crippen molar-refractivity contribution in [1.82, 2.24) is 24.5 Å². The van der Waals surface area contributed by atoms with Gasteiger partial charge < -0.3 is 38.6 Å². The van der Waals surface area contributed by atoms with Crippen molar-refractivity contribution in [2.75, 3.05) is 60.1 Å². The Balaban J connectivity index is 1.56. The van der Waals surface area contributed by atoms with Gasteiger partial charge in [0, 0.05) is 19.6 Å². The van der Waals surface area contributed by atoms with Crippen LogP contribution in [0, 0.1) is 0 Å². The number of anilines is 1. The molecule has 1 atom stereocenters. The summed E-state index contributed by atoms with van der Waals surface area (Å²) < 4.78 is 29.4. The van der Waals surface area contributed by atoms with Crippen molar-refractivity contribution in [2.45, 2.75) is 45.4 Å². The van der Waals surface area contributed by atoms with Gasteiger partial charge in [-0.25, -0.2) is 14.3 Å². The van der Waals surface area contributed by atoms with Crippen LogP contribution >= 0.6 is 0 Å². The highest BCUT2D eigenvalue weighted by atomic mass is 16.5. The van der Waals surface area contributed by atoms with Gasteiger partial charge in [-0.1, -0.05) is 43.7 Å². The van der Waals surface area contributed by atoms with Crippen molar-refractivity contribution in [1.29, 1.82) is 0 Å². The van der Waals surface area contributed by atoms with Crippen molar-refractivity contribution >= 4 is 17.4 Å². The molecule has 0 saturated heterocycles. The van der Waals surface area contributed by atoms with E-state index < -0.39 is 12.1 Å². The largest absolute Gasteiger partial charge is 0.497 e. The first-order valence-electron chi connectivity index (χ1n) is 17.3. The minimum absolute atomic E-state index is 0.147. The van der Waals surface area contributed by atoms with E-state index in [0.29, 0.717) is 54.8 Å². The lowest BCUT2D eigenvalue weighted by Gasteiger charge is -2.25. The molecule has 0 saturated carbocycles. The maximum atomic E-state index is 12.8. The number of hydrogen-bond acceptors (Lipinski definition) is 12. The van der Waals surface area contributed by atoms with E-state index in [4.69, 9.17) is 38.8 Å². The molecule has 0 aliphatic heterocycles. The van der Waals surface area contributed by atoms with Crippen LogP contribution in [0.15, 0.2) is 72.9 Å². The van der Waals surface area contributed by atoms with Crippen LogP contribution in [0.3, 0.4) is 0 Å². The topological polar surface area (TPSA) is 133 Å². The summed E-state index contributed by atoms with van der Waals surface area (Å²) in [6.45, 7) is 4.70. The molecule has 3 aromatic carbocycles. The Bertz CT molecular complexity index is 1850. The van der Waals surface area contributed by atoms with Gasteiger partial charge in [-0.15, -0.1) is 5.10 Å². The summed E-state index contributed by atoms with van der Waals surface area (Å²) in [6, 6.07) is 20.8. The molecule has 13 nitrogen and oxygen atoms in total. The van der Waals surface area contributed by atoms with Crippen LogP contribution in [0.4, 0.5) is 5.82 Å². The van der Waals surface area contributed by atoms with Gasteiger partial charge in [0.05, 0.1) is 46.4 Å². The number of hydrogen-bond donors (Lipinski definition) is 1. The number of esters is 1. The Morgan fingerprint density at radius 3 is 2.08 bits per heavy atom. The number of nitrogens with zero attached hydrogens (tertiary/aromatic N) is 6. The monoisotopic (exact) mass is 712 g/mol. The summed E-state index contributed by atoms with van der Waals surface area (Å²) in [6.07, 6.45) is 2.87. The van der Waals surface area contributed by atoms with Crippen LogP contribution in [-0.4, -0.2) is 90.7 Å². The highest BCUT2D eigenvalue weighted by molar-refractivity contribution is 5.92. The minimum atomic E-state index is -1.22. The quantitative estimate of drug-likeness (QED) is 0.0829. The number of unbranched alkanes of at least 4 members (excludes halogenated alkanes) is 1. The highest BCUT2D eigenvalue weighted by Gasteiger charge is 2.25. The van der Waals surface area contributed by atoms with Gasteiger partial charge in [-0.05, 0) is 80.0 Å². The molecule has 13 heteroatoms. The molecule has 1 N–H and O–H groups in total. The van der Waals surface area contributed by atoms with Crippen molar-refractivity contribution in [3.8, 4) is 23.3 Å². The number of rotatable bonds is 19. The fourth-order valence-electron chi connectivity index (χ4n) is 5.59. The fraction of sp³-hybridized carbons (Fsp3) is 0.385. The van der Waals surface area contributed by atoms with Crippen molar-refractivity contribution in [2.24, 2.45) is 0 Å². The lowest BCUT2D eigenvalue weighted by atomic mass is 10.0. The Hall–Kier alpha value is -5.40. The van der Waals surface area contributed by atoms with E-state index in [1.807, 2.05) is 62.6 Å². The summed E-state index contributed by atoms with van der Waals surface area (Å²) in [4.78, 5) is 26.6. The zero-order chi connectivity index (χ0) is 37.0. The molecular weight excluding hydrogens is 664 g/mol. The van der Waals surface area contributed by atoms with Crippen molar-refractivity contribution < 1.29 is 33.6 Å². The molecule has 0 fully saturated rings. The van der Waals surface area contributed by atoms with E-state index in [0.717, 1.165) is 48.4 Å². The third kappa shape index (κ3) is 9.47. The van der Waals surface area contributed by atoms with Gasteiger partial charge in [0.15, 0.2) is 11.5 Å². The maximum absolute atomic E-state index is 12.8. The van der Waals surface area contributed by atoms with Gasteiger partial charge >= 0.3 is 12.0 Å². The molecule has 5 aromatic rings. The molecule has 0 aliphatic rings. The molecule has 0 bridgehead atoms. The number of methoxy groups -OCH3 is 3. The highest BCUT2D eigenvalue weighted by Crippen LogP contribution is 2.32. The second kappa shape index (κ2) is 18.2. The zero-order valence-corrected chi connectivity index (χ0v) is 30.7. The van der Waals surface area contributed by atoms with E-state index in [1.54, 1.807) is 43.1 Å². The Kier molecular flexibility index (Phi) is 13.2. The van der Waals surface area contributed by atoms with Crippen LogP contribution in [-0.2, 0) is 17.8 Å². The van der Waals surface area contributed by atoms with Crippen LogP contribution in [0.1, 0.15) is 65.0 Å². The first-order chi connectivity index (χ1) is 25.2. The number of carbonyl (C=O) groups is 1.